The van der Waals surface area contributed by atoms with Gasteiger partial charge in [0.15, 0.2) is 0 Å². The third kappa shape index (κ3) is 3.25. The molecule has 0 unspecified atom stereocenters. The van der Waals surface area contributed by atoms with Gasteiger partial charge in [-0.05, 0) is 42.0 Å². The summed E-state index contributed by atoms with van der Waals surface area (Å²) in [7, 11) is 3.17. The summed E-state index contributed by atoms with van der Waals surface area (Å²) in [4.78, 5) is 4.24. The molecule has 4 heteroatoms. The van der Waals surface area contributed by atoms with Gasteiger partial charge >= 0.3 is 0 Å². The van der Waals surface area contributed by atoms with Crippen LogP contribution in [0.4, 0.5) is 5.69 Å². The molecule has 0 radical (unpaired) electrons. The van der Waals surface area contributed by atoms with Gasteiger partial charge in [-0.15, -0.1) is 0 Å². The van der Waals surface area contributed by atoms with Crippen LogP contribution in [0.1, 0.15) is 5.56 Å². The molecule has 0 saturated heterocycles. The summed E-state index contributed by atoms with van der Waals surface area (Å²) < 4.78 is 10.1. The molecule has 0 aliphatic carbocycles. The van der Waals surface area contributed by atoms with Crippen LogP contribution in [0.25, 0.3) is 0 Å². The fraction of sp³-hybridized carbons (Fsp3) is 0.133. The Morgan fingerprint density at radius 3 is 2.16 bits per heavy atom. The first-order valence-electron chi connectivity index (χ1n) is 5.78. The lowest BCUT2D eigenvalue weighted by atomic mass is 10.2. The van der Waals surface area contributed by atoms with Crippen molar-refractivity contribution in [2.45, 2.75) is 0 Å². The number of methoxy groups -OCH3 is 2. The number of ether oxygens (including phenoxy) is 2. The normalized spacial score (nSPS) is 10.6. The number of nitrogens with zero attached hydrogens (tertiary/aromatic N) is 1. The summed E-state index contributed by atoms with van der Waals surface area (Å²) in [5, 5.41) is 9.77. The van der Waals surface area contributed by atoms with Gasteiger partial charge in [0.2, 0.25) is 0 Å². The van der Waals surface area contributed by atoms with E-state index in [0.29, 0.717) is 11.4 Å². The highest BCUT2D eigenvalue weighted by molar-refractivity contribution is 5.82. The van der Waals surface area contributed by atoms with Crippen molar-refractivity contribution in [3.8, 4) is 17.2 Å². The lowest BCUT2D eigenvalue weighted by molar-refractivity contribution is 0.408. The maximum absolute atomic E-state index is 9.77. The summed E-state index contributed by atoms with van der Waals surface area (Å²) in [5.41, 5.74) is 1.42. The average molecular weight is 257 g/mol. The molecule has 0 spiro atoms. The molecule has 2 aromatic rings. The maximum Gasteiger partial charge on any atom is 0.144 e. The number of aliphatic imine (C=N–C) groups is 1. The van der Waals surface area contributed by atoms with Gasteiger partial charge in [0, 0.05) is 12.3 Å². The van der Waals surface area contributed by atoms with Crippen molar-refractivity contribution in [2.75, 3.05) is 14.2 Å². The van der Waals surface area contributed by atoms with E-state index in [4.69, 9.17) is 9.47 Å². The van der Waals surface area contributed by atoms with Gasteiger partial charge in [0.1, 0.15) is 22.9 Å². The zero-order valence-electron chi connectivity index (χ0n) is 10.8. The lowest BCUT2D eigenvalue weighted by Crippen LogP contribution is -1.84. The zero-order chi connectivity index (χ0) is 13.7. The molecule has 0 fully saturated rings. The monoisotopic (exact) mass is 257 g/mol. The van der Waals surface area contributed by atoms with Gasteiger partial charge in [-0.25, -0.2) is 0 Å². The van der Waals surface area contributed by atoms with Gasteiger partial charge in [-0.1, -0.05) is 0 Å². The van der Waals surface area contributed by atoms with Crippen molar-refractivity contribution in [1.29, 1.82) is 0 Å². The molecule has 0 atom stereocenters. The van der Waals surface area contributed by atoms with E-state index in [0.717, 1.165) is 11.3 Å². The molecule has 0 aromatic heterocycles. The zero-order valence-corrected chi connectivity index (χ0v) is 10.8. The largest absolute Gasteiger partial charge is 0.506 e. The van der Waals surface area contributed by atoms with E-state index in [9.17, 15) is 5.11 Å². The molecule has 4 nitrogen and oxygen atoms in total. The van der Waals surface area contributed by atoms with Crippen LogP contribution in [-0.2, 0) is 0 Å². The van der Waals surface area contributed by atoms with E-state index in [-0.39, 0.29) is 5.75 Å². The number of phenolic OH excluding ortho intramolecular Hbond substituents is 1. The van der Waals surface area contributed by atoms with Gasteiger partial charge in [-0.2, -0.15) is 0 Å². The fourth-order valence-corrected chi connectivity index (χ4v) is 1.57. The molecule has 0 bridgehead atoms. The van der Waals surface area contributed by atoms with Crippen molar-refractivity contribution >= 4 is 11.9 Å². The number of aromatic hydroxyl groups is 1. The average Bonchev–Trinajstić information content (AvgIpc) is 2.46. The second kappa shape index (κ2) is 5.91. The molecule has 2 rings (SSSR count). The summed E-state index contributed by atoms with van der Waals surface area (Å²) in [5.74, 6) is 1.48. The third-order valence-electron chi connectivity index (χ3n) is 2.65. The minimum absolute atomic E-state index is 0.0871. The van der Waals surface area contributed by atoms with Crippen molar-refractivity contribution in [3.63, 3.8) is 0 Å². The molecule has 0 amide bonds. The molecule has 2 aromatic carbocycles. The Balaban J connectivity index is 2.17. The van der Waals surface area contributed by atoms with Crippen LogP contribution in [0.3, 0.4) is 0 Å². The van der Waals surface area contributed by atoms with E-state index >= 15 is 0 Å². The number of hydrogen-bond donors (Lipinski definition) is 1. The van der Waals surface area contributed by atoms with E-state index < -0.39 is 0 Å². The van der Waals surface area contributed by atoms with Crippen LogP contribution >= 0.6 is 0 Å². The Bertz CT molecular complexity index is 576. The Kier molecular flexibility index (Phi) is 4.03. The highest BCUT2D eigenvalue weighted by atomic mass is 16.5. The fourth-order valence-electron chi connectivity index (χ4n) is 1.57. The van der Waals surface area contributed by atoms with Gasteiger partial charge < -0.3 is 14.6 Å². The summed E-state index contributed by atoms with van der Waals surface area (Å²) in [6, 6.07) is 12.5. The number of hydrogen-bond acceptors (Lipinski definition) is 4. The lowest BCUT2D eigenvalue weighted by Gasteiger charge is -2.03. The summed E-state index contributed by atoms with van der Waals surface area (Å²) >= 11 is 0. The van der Waals surface area contributed by atoms with Crippen molar-refractivity contribution in [1.82, 2.24) is 0 Å². The predicted molar refractivity (Wildman–Crippen MR) is 74.9 cm³/mol. The second-order valence-corrected chi connectivity index (χ2v) is 3.89. The summed E-state index contributed by atoms with van der Waals surface area (Å²) in [6.07, 6.45) is 1.68. The quantitative estimate of drug-likeness (QED) is 0.856. The highest BCUT2D eigenvalue weighted by Crippen LogP contribution is 2.30. The molecule has 19 heavy (non-hydrogen) atoms. The second-order valence-electron chi connectivity index (χ2n) is 3.89. The Labute approximate surface area is 111 Å². The molecule has 1 N–H and O–H groups in total. The number of benzene rings is 2. The third-order valence-corrected chi connectivity index (χ3v) is 2.65. The topological polar surface area (TPSA) is 51.0 Å². The first-order valence-corrected chi connectivity index (χ1v) is 5.78. The molecular weight excluding hydrogens is 242 g/mol. The molecule has 98 valence electrons. The van der Waals surface area contributed by atoms with Gasteiger partial charge in [0.25, 0.3) is 0 Å². The molecule has 0 aliphatic rings. The molecule has 0 saturated carbocycles. The minimum atomic E-state index is 0.0871. The van der Waals surface area contributed by atoms with E-state index in [1.54, 1.807) is 32.6 Å². The molecule has 0 aliphatic heterocycles. The van der Waals surface area contributed by atoms with Crippen LogP contribution in [0, 0.1) is 0 Å². The SMILES string of the molecule is COc1ccc(C=Nc2ccc(OC)cc2O)cc1. The number of rotatable bonds is 4. The Hall–Kier alpha value is -2.49. The molecular formula is C15H15NO3. The van der Waals surface area contributed by atoms with Crippen LogP contribution in [-0.4, -0.2) is 25.5 Å². The molecule has 0 heterocycles. The van der Waals surface area contributed by atoms with Crippen LogP contribution in [0.15, 0.2) is 47.5 Å². The maximum atomic E-state index is 9.77. The van der Waals surface area contributed by atoms with Gasteiger partial charge in [0.05, 0.1) is 14.2 Å². The van der Waals surface area contributed by atoms with Crippen LogP contribution in [0.2, 0.25) is 0 Å². The smallest absolute Gasteiger partial charge is 0.144 e. The Morgan fingerprint density at radius 2 is 1.58 bits per heavy atom. The van der Waals surface area contributed by atoms with Gasteiger partial charge in [-0.3, -0.25) is 4.99 Å². The predicted octanol–water partition coefficient (Wildman–Crippen LogP) is 3.16. The van der Waals surface area contributed by atoms with E-state index in [2.05, 4.69) is 4.99 Å². The van der Waals surface area contributed by atoms with Crippen molar-refractivity contribution in [3.05, 3.63) is 48.0 Å². The van der Waals surface area contributed by atoms with Crippen molar-refractivity contribution < 1.29 is 14.6 Å². The minimum Gasteiger partial charge on any atom is -0.506 e. The number of phenols is 1. The van der Waals surface area contributed by atoms with E-state index in [1.165, 1.54) is 6.07 Å². The van der Waals surface area contributed by atoms with Crippen molar-refractivity contribution in [2.24, 2.45) is 4.99 Å². The Morgan fingerprint density at radius 1 is 0.947 bits per heavy atom. The first-order chi connectivity index (χ1) is 9.22. The standard InChI is InChI=1S/C15H15NO3/c1-18-12-5-3-11(4-6-12)10-16-14-8-7-13(19-2)9-15(14)17/h3-10,17H,1-2H3. The van der Waals surface area contributed by atoms with E-state index in [1.807, 2.05) is 24.3 Å². The van der Waals surface area contributed by atoms with Crippen LogP contribution in [0.5, 0.6) is 17.2 Å². The summed E-state index contributed by atoms with van der Waals surface area (Å²) in [6.45, 7) is 0. The highest BCUT2D eigenvalue weighted by Gasteiger charge is 2.00. The van der Waals surface area contributed by atoms with Crippen LogP contribution < -0.4 is 9.47 Å². The first kappa shape index (κ1) is 13.0.